The summed E-state index contributed by atoms with van der Waals surface area (Å²) in [6, 6.07) is 8.84. The molecule has 11 heteroatoms. The number of halogens is 3. The maximum atomic E-state index is 14.1. The van der Waals surface area contributed by atoms with E-state index in [9.17, 15) is 22.0 Å². The Morgan fingerprint density at radius 1 is 1.06 bits per heavy atom. The van der Waals surface area contributed by atoms with Crippen molar-refractivity contribution in [3.8, 4) is 0 Å². The summed E-state index contributed by atoms with van der Waals surface area (Å²) in [5.74, 6) is -2.53. The Balaban J connectivity index is 0.00000341. The fourth-order valence-electron chi connectivity index (χ4n) is 2.86. The minimum absolute atomic E-state index is 0. The van der Waals surface area contributed by atoms with Gasteiger partial charge in [0.05, 0.1) is 9.60 Å². The van der Waals surface area contributed by atoms with Crippen molar-refractivity contribution in [3.05, 3.63) is 54.1 Å². The summed E-state index contributed by atoms with van der Waals surface area (Å²) in [5.41, 5.74) is 0.143. The molecule has 2 aromatic carbocycles. The molecule has 1 heterocycles. The minimum atomic E-state index is -3.97. The summed E-state index contributed by atoms with van der Waals surface area (Å²) in [7, 11) is -0.200. The molecule has 1 amide bonds. The second-order valence-corrected chi connectivity index (χ2v) is 10.00. The van der Waals surface area contributed by atoms with Crippen LogP contribution in [0.25, 0.3) is 10.2 Å². The molecule has 0 saturated carbocycles. The number of hydrogen-bond acceptors (Lipinski definition) is 6. The molecule has 3 rings (SSSR count). The smallest absolute Gasteiger partial charge is 0.244 e. The van der Waals surface area contributed by atoms with Gasteiger partial charge in [-0.15, -0.1) is 12.4 Å². The lowest BCUT2D eigenvalue weighted by molar-refractivity contribution is -0.116. The van der Waals surface area contributed by atoms with Gasteiger partial charge in [0.1, 0.15) is 22.9 Å². The Morgan fingerprint density at radius 3 is 2.35 bits per heavy atom. The van der Waals surface area contributed by atoms with E-state index in [1.54, 1.807) is 12.1 Å². The predicted molar refractivity (Wildman–Crippen MR) is 121 cm³/mol. The van der Waals surface area contributed by atoms with E-state index >= 15 is 0 Å². The van der Waals surface area contributed by atoms with Crippen molar-refractivity contribution in [3.63, 3.8) is 0 Å². The average molecular weight is 490 g/mol. The Hall–Kier alpha value is -2.14. The van der Waals surface area contributed by atoms with Crippen LogP contribution in [0.5, 0.6) is 0 Å². The van der Waals surface area contributed by atoms with Gasteiger partial charge in [0.2, 0.25) is 5.91 Å². The number of carbonyl (C=O) groups excluding carboxylic acids is 1. The van der Waals surface area contributed by atoms with E-state index in [0.717, 1.165) is 35.6 Å². The molecule has 0 atom stereocenters. The molecule has 1 aromatic heterocycles. The number of hydrogen-bond donors (Lipinski definition) is 0. The molecule has 0 aliphatic heterocycles. The largest absolute Gasteiger partial charge is 0.309 e. The van der Waals surface area contributed by atoms with Gasteiger partial charge in [-0.1, -0.05) is 17.4 Å². The summed E-state index contributed by atoms with van der Waals surface area (Å²) in [6.07, 6.45) is 0.577. The van der Waals surface area contributed by atoms with Crippen LogP contribution in [0.15, 0.2) is 47.4 Å². The number of aromatic nitrogens is 1. The molecule has 0 bridgehead atoms. The first-order chi connectivity index (χ1) is 14.2. The van der Waals surface area contributed by atoms with E-state index in [1.807, 2.05) is 19.0 Å². The Bertz CT molecular complexity index is 1150. The number of amides is 1. The predicted octanol–water partition coefficient (Wildman–Crippen LogP) is 3.75. The first-order valence-electron chi connectivity index (χ1n) is 9.16. The van der Waals surface area contributed by atoms with Gasteiger partial charge in [-0.3, -0.25) is 9.69 Å². The number of benzene rings is 2. The Kier molecular flexibility index (Phi) is 8.47. The first kappa shape index (κ1) is 25.1. The molecule has 3 aromatic rings. The van der Waals surface area contributed by atoms with Crippen molar-refractivity contribution in [2.75, 3.05) is 37.8 Å². The highest BCUT2D eigenvalue weighted by molar-refractivity contribution is 7.92. The molecule has 0 saturated heterocycles. The SMILES string of the molecule is CN(C)CCCN(C(=O)CS(=O)(=O)c1ccc(F)cc1)c1nc2c(F)cccc2s1.Cl. The lowest BCUT2D eigenvalue weighted by Gasteiger charge is -2.21. The van der Waals surface area contributed by atoms with Crippen molar-refractivity contribution in [2.45, 2.75) is 11.3 Å². The standard InChI is InChI=1S/C20H21F2N3O3S2.ClH/c1-24(2)11-4-12-25(20-23-19-16(22)5-3-6-17(19)29-20)18(26)13-30(27,28)15-9-7-14(21)8-10-15;/h3,5-10H,4,11-13H2,1-2H3;1H. The molecule has 0 aliphatic carbocycles. The van der Waals surface area contributed by atoms with Gasteiger partial charge in [-0.05, 0) is 63.5 Å². The fraction of sp³-hybridized carbons (Fsp3) is 0.300. The summed E-state index contributed by atoms with van der Waals surface area (Å²) >= 11 is 1.13. The summed E-state index contributed by atoms with van der Waals surface area (Å²) in [5, 5.41) is 0.244. The maximum Gasteiger partial charge on any atom is 0.244 e. The van der Waals surface area contributed by atoms with Crippen LogP contribution >= 0.6 is 23.7 Å². The minimum Gasteiger partial charge on any atom is -0.309 e. The summed E-state index contributed by atoms with van der Waals surface area (Å²) in [4.78, 5) is 20.3. The third-order valence-electron chi connectivity index (χ3n) is 4.36. The molecule has 0 N–H and O–H groups in total. The van der Waals surface area contributed by atoms with Crippen molar-refractivity contribution in [2.24, 2.45) is 0 Å². The van der Waals surface area contributed by atoms with Gasteiger partial charge in [-0.2, -0.15) is 0 Å². The fourth-order valence-corrected chi connectivity index (χ4v) is 5.08. The normalized spacial score (nSPS) is 11.5. The second-order valence-electron chi connectivity index (χ2n) is 7.00. The zero-order chi connectivity index (χ0) is 21.9. The molecule has 0 fully saturated rings. The van der Waals surface area contributed by atoms with E-state index < -0.39 is 33.1 Å². The number of para-hydroxylation sites is 1. The van der Waals surface area contributed by atoms with E-state index in [4.69, 9.17) is 0 Å². The molecule has 168 valence electrons. The zero-order valence-electron chi connectivity index (χ0n) is 16.9. The topological polar surface area (TPSA) is 70.6 Å². The van der Waals surface area contributed by atoms with Crippen LogP contribution in [0.4, 0.5) is 13.9 Å². The maximum absolute atomic E-state index is 14.1. The van der Waals surface area contributed by atoms with Crippen molar-refractivity contribution in [1.82, 2.24) is 9.88 Å². The van der Waals surface area contributed by atoms with E-state index in [2.05, 4.69) is 4.98 Å². The molecule has 31 heavy (non-hydrogen) atoms. The van der Waals surface area contributed by atoms with Crippen molar-refractivity contribution >= 4 is 54.8 Å². The molecular formula is C20H22ClF2N3O3S2. The molecule has 0 aliphatic rings. The third-order valence-corrected chi connectivity index (χ3v) is 7.02. The molecule has 6 nitrogen and oxygen atoms in total. The van der Waals surface area contributed by atoms with Crippen molar-refractivity contribution < 1.29 is 22.0 Å². The van der Waals surface area contributed by atoms with Gasteiger partial charge >= 0.3 is 0 Å². The number of nitrogens with zero attached hydrogens (tertiary/aromatic N) is 3. The highest BCUT2D eigenvalue weighted by atomic mass is 35.5. The summed E-state index contributed by atoms with van der Waals surface area (Å²) in [6.45, 7) is 0.908. The quantitative estimate of drug-likeness (QED) is 0.451. The lowest BCUT2D eigenvalue weighted by Crippen LogP contribution is -2.37. The number of thiazole rings is 1. The van der Waals surface area contributed by atoms with Crippen LogP contribution in [-0.2, 0) is 14.6 Å². The number of sulfone groups is 1. The lowest BCUT2D eigenvalue weighted by atomic mass is 10.3. The Labute approximate surface area is 189 Å². The molecule has 0 radical (unpaired) electrons. The van der Waals surface area contributed by atoms with Gasteiger partial charge < -0.3 is 4.90 Å². The zero-order valence-corrected chi connectivity index (χ0v) is 19.4. The van der Waals surface area contributed by atoms with Crippen LogP contribution in [-0.4, -0.2) is 57.1 Å². The van der Waals surface area contributed by atoms with Gasteiger partial charge in [0, 0.05) is 6.54 Å². The number of anilines is 1. The first-order valence-corrected chi connectivity index (χ1v) is 11.6. The van der Waals surface area contributed by atoms with Gasteiger partial charge in [0.25, 0.3) is 0 Å². The highest BCUT2D eigenvalue weighted by Crippen LogP contribution is 2.30. The highest BCUT2D eigenvalue weighted by Gasteiger charge is 2.27. The number of fused-ring (bicyclic) bond motifs is 1. The van der Waals surface area contributed by atoms with Crippen LogP contribution in [0.2, 0.25) is 0 Å². The number of rotatable bonds is 8. The molecule has 0 spiro atoms. The third kappa shape index (κ3) is 6.19. The van der Waals surface area contributed by atoms with Crippen LogP contribution in [0.1, 0.15) is 6.42 Å². The molecule has 0 unspecified atom stereocenters. The van der Waals surface area contributed by atoms with Gasteiger partial charge in [0.15, 0.2) is 15.0 Å². The monoisotopic (exact) mass is 489 g/mol. The second kappa shape index (κ2) is 10.4. The van der Waals surface area contributed by atoms with Crippen molar-refractivity contribution in [1.29, 1.82) is 0 Å². The number of carbonyl (C=O) groups is 1. The van der Waals surface area contributed by atoms with Crippen LogP contribution in [0.3, 0.4) is 0 Å². The van der Waals surface area contributed by atoms with E-state index in [0.29, 0.717) is 17.7 Å². The van der Waals surface area contributed by atoms with E-state index in [1.165, 1.54) is 11.0 Å². The Morgan fingerprint density at radius 2 is 1.74 bits per heavy atom. The summed E-state index contributed by atoms with van der Waals surface area (Å²) < 4.78 is 53.0. The van der Waals surface area contributed by atoms with Crippen LogP contribution in [0, 0.1) is 11.6 Å². The molecular weight excluding hydrogens is 468 g/mol. The van der Waals surface area contributed by atoms with E-state index in [-0.39, 0.29) is 34.5 Å². The van der Waals surface area contributed by atoms with Crippen LogP contribution < -0.4 is 4.90 Å². The average Bonchev–Trinajstić information content (AvgIpc) is 3.10. The van der Waals surface area contributed by atoms with Gasteiger partial charge in [-0.25, -0.2) is 22.2 Å².